The Hall–Kier alpha value is -2.30. The number of aromatic nitrogens is 2. The molecule has 2 aromatic rings. The van der Waals surface area contributed by atoms with Gasteiger partial charge in [0.25, 0.3) is 0 Å². The molecular weight excluding hydrogens is 288 g/mol. The first-order valence-electron chi connectivity index (χ1n) is 7.83. The quantitative estimate of drug-likeness (QED) is 0.892. The zero-order valence-electron chi connectivity index (χ0n) is 14.6. The molecule has 0 spiro atoms. The van der Waals surface area contributed by atoms with Crippen molar-refractivity contribution in [2.45, 2.75) is 39.2 Å². The second kappa shape index (κ2) is 6.86. The number of hydrogen-bond acceptors (Lipinski definition) is 3. The van der Waals surface area contributed by atoms with Crippen LogP contribution < -0.4 is 10.2 Å². The van der Waals surface area contributed by atoms with E-state index in [0.29, 0.717) is 13.0 Å². The van der Waals surface area contributed by atoms with Gasteiger partial charge in [-0.25, -0.2) is 0 Å². The van der Waals surface area contributed by atoms with Gasteiger partial charge in [0, 0.05) is 25.2 Å². The third-order valence-electron chi connectivity index (χ3n) is 3.69. The van der Waals surface area contributed by atoms with Crippen LogP contribution in [0.4, 0.5) is 5.69 Å². The van der Waals surface area contributed by atoms with Crippen molar-refractivity contribution in [2.75, 3.05) is 19.0 Å². The van der Waals surface area contributed by atoms with Crippen molar-refractivity contribution in [1.29, 1.82) is 0 Å². The van der Waals surface area contributed by atoms with Gasteiger partial charge in [0.2, 0.25) is 5.91 Å². The molecule has 0 bridgehead atoms. The number of benzene rings is 1. The van der Waals surface area contributed by atoms with Crippen molar-refractivity contribution in [3.8, 4) is 0 Å². The Labute approximate surface area is 138 Å². The molecule has 0 aliphatic carbocycles. The minimum atomic E-state index is 0.00689. The summed E-state index contributed by atoms with van der Waals surface area (Å²) < 4.78 is 0. The number of H-pyrrole nitrogens is 1. The normalized spacial score (nSPS) is 11.3. The van der Waals surface area contributed by atoms with Gasteiger partial charge in [0.05, 0.1) is 24.4 Å². The summed E-state index contributed by atoms with van der Waals surface area (Å²) in [5.74, 6) is 0.00881. The molecule has 1 aromatic heterocycles. The first-order chi connectivity index (χ1) is 10.8. The molecule has 1 aromatic carbocycles. The molecule has 0 saturated heterocycles. The fourth-order valence-corrected chi connectivity index (χ4v) is 2.19. The molecule has 0 unspecified atom stereocenters. The summed E-state index contributed by atoms with van der Waals surface area (Å²) in [4.78, 5) is 14.1. The lowest BCUT2D eigenvalue weighted by Gasteiger charge is -2.13. The number of nitrogens with zero attached hydrogens (tertiary/aromatic N) is 2. The van der Waals surface area contributed by atoms with Gasteiger partial charge >= 0.3 is 0 Å². The maximum Gasteiger partial charge on any atom is 0.224 e. The highest BCUT2D eigenvalue weighted by atomic mass is 16.1. The molecule has 23 heavy (non-hydrogen) atoms. The van der Waals surface area contributed by atoms with Gasteiger partial charge in [-0.05, 0) is 23.8 Å². The molecule has 1 heterocycles. The topological polar surface area (TPSA) is 61.0 Å². The number of aromatic amines is 1. The van der Waals surface area contributed by atoms with Crippen molar-refractivity contribution in [3.05, 3.63) is 47.3 Å². The van der Waals surface area contributed by atoms with E-state index in [1.54, 1.807) is 0 Å². The summed E-state index contributed by atoms with van der Waals surface area (Å²) in [5, 5.41) is 10.2. The van der Waals surface area contributed by atoms with Crippen molar-refractivity contribution in [3.63, 3.8) is 0 Å². The Morgan fingerprint density at radius 2 is 1.87 bits per heavy atom. The predicted molar refractivity (Wildman–Crippen MR) is 93.6 cm³/mol. The monoisotopic (exact) mass is 314 g/mol. The molecule has 1 amide bonds. The molecule has 0 radical (unpaired) electrons. The van der Waals surface area contributed by atoms with Gasteiger partial charge in [0.15, 0.2) is 0 Å². The summed E-state index contributed by atoms with van der Waals surface area (Å²) in [5.41, 5.74) is 4.06. The van der Waals surface area contributed by atoms with Gasteiger partial charge in [0.1, 0.15) is 0 Å². The molecule has 0 aliphatic heterocycles. The third-order valence-corrected chi connectivity index (χ3v) is 3.69. The van der Waals surface area contributed by atoms with Gasteiger partial charge in [-0.1, -0.05) is 32.9 Å². The van der Waals surface area contributed by atoms with Gasteiger partial charge < -0.3 is 10.2 Å². The van der Waals surface area contributed by atoms with E-state index in [1.807, 2.05) is 49.3 Å². The second-order valence-corrected chi connectivity index (χ2v) is 7.04. The van der Waals surface area contributed by atoms with E-state index in [-0.39, 0.29) is 11.3 Å². The van der Waals surface area contributed by atoms with E-state index in [0.717, 1.165) is 22.6 Å². The van der Waals surface area contributed by atoms with Crippen LogP contribution in [-0.4, -0.2) is 30.2 Å². The minimum Gasteiger partial charge on any atom is -0.378 e. The summed E-state index contributed by atoms with van der Waals surface area (Å²) >= 11 is 0. The number of amides is 1. The number of rotatable bonds is 5. The number of carbonyl (C=O) groups excluding carboxylic acids is 1. The van der Waals surface area contributed by atoms with E-state index >= 15 is 0 Å². The first kappa shape index (κ1) is 17.1. The summed E-state index contributed by atoms with van der Waals surface area (Å²) in [6.07, 6.45) is 0.383. The molecule has 2 N–H and O–H groups in total. The molecule has 5 nitrogen and oxygen atoms in total. The second-order valence-electron chi connectivity index (χ2n) is 7.04. The van der Waals surface area contributed by atoms with E-state index in [2.05, 4.69) is 36.3 Å². The molecule has 124 valence electrons. The van der Waals surface area contributed by atoms with Crippen LogP contribution in [0.1, 0.15) is 37.7 Å². The van der Waals surface area contributed by atoms with Crippen molar-refractivity contribution >= 4 is 11.6 Å². The highest BCUT2D eigenvalue weighted by Crippen LogP contribution is 2.20. The Kier molecular flexibility index (Phi) is 5.08. The fraction of sp³-hybridized carbons (Fsp3) is 0.444. The van der Waals surface area contributed by atoms with Crippen LogP contribution in [0.3, 0.4) is 0 Å². The standard InChI is InChI=1S/C18H26N4O/c1-18(2,3)16-11-14(20-21-16)12-19-17(23)10-13-6-8-15(9-7-13)22(4)5/h6-9,11H,10,12H2,1-5H3,(H,19,23)(H,20,21). The maximum absolute atomic E-state index is 12.1. The highest BCUT2D eigenvalue weighted by molar-refractivity contribution is 5.78. The third kappa shape index (κ3) is 4.84. The van der Waals surface area contributed by atoms with E-state index in [1.165, 1.54) is 0 Å². The van der Waals surface area contributed by atoms with Crippen molar-refractivity contribution in [2.24, 2.45) is 0 Å². The Balaban J connectivity index is 1.86. The largest absolute Gasteiger partial charge is 0.378 e. The van der Waals surface area contributed by atoms with Crippen LogP contribution >= 0.6 is 0 Å². The predicted octanol–water partition coefficient (Wildman–Crippen LogP) is 2.63. The first-order valence-corrected chi connectivity index (χ1v) is 7.83. The fourth-order valence-electron chi connectivity index (χ4n) is 2.19. The molecule has 2 rings (SSSR count). The van der Waals surface area contributed by atoms with Gasteiger partial charge in [-0.15, -0.1) is 0 Å². The lowest BCUT2D eigenvalue weighted by atomic mass is 9.92. The van der Waals surface area contributed by atoms with Crippen molar-refractivity contribution < 1.29 is 4.79 Å². The molecule has 0 aliphatic rings. The number of anilines is 1. The number of hydrogen-bond donors (Lipinski definition) is 2. The lowest BCUT2D eigenvalue weighted by molar-refractivity contribution is -0.120. The smallest absolute Gasteiger partial charge is 0.224 e. The number of nitrogens with one attached hydrogen (secondary N) is 2. The van der Waals surface area contributed by atoms with E-state index in [4.69, 9.17) is 0 Å². The minimum absolute atomic E-state index is 0.00689. The summed E-state index contributed by atoms with van der Waals surface area (Å²) in [7, 11) is 4.00. The van der Waals surface area contributed by atoms with Crippen LogP contribution in [0.15, 0.2) is 30.3 Å². The van der Waals surface area contributed by atoms with Crippen LogP contribution in [0, 0.1) is 0 Å². The van der Waals surface area contributed by atoms with Crippen LogP contribution in [0.25, 0.3) is 0 Å². The van der Waals surface area contributed by atoms with Crippen LogP contribution in [0.2, 0.25) is 0 Å². The SMILES string of the molecule is CN(C)c1ccc(CC(=O)NCc2cc(C(C)(C)C)n[nH]2)cc1. The molecular formula is C18H26N4O. The average Bonchev–Trinajstić information content (AvgIpc) is 2.95. The Morgan fingerprint density at radius 1 is 1.22 bits per heavy atom. The molecule has 0 atom stereocenters. The molecule has 0 saturated carbocycles. The van der Waals surface area contributed by atoms with Gasteiger partial charge in [-0.2, -0.15) is 5.10 Å². The Bertz CT molecular complexity index is 650. The molecule has 5 heteroatoms. The van der Waals surface area contributed by atoms with E-state index < -0.39 is 0 Å². The van der Waals surface area contributed by atoms with Crippen molar-refractivity contribution in [1.82, 2.24) is 15.5 Å². The lowest BCUT2D eigenvalue weighted by Crippen LogP contribution is -2.24. The zero-order chi connectivity index (χ0) is 17.0. The number of carbonyl (C=O) groups is 1. The van der Waals surface area contributed by atoms with Crippen LogP contribution in [-0.2, 0) is 23.2 Å². The maximum atomic E-state index is 12.1. The Morgan fingerprint density at radius 3 is 2.39 bits per heavy atom. The van der Waals surface area contributed by atoms with E-state index in [9.17, 15) is 4.79 Å². The average molecular weight is 314 g/mol. The highest BCUT2D eigenvalue weighted by Gasteiger charge is 2.17. The van der Waals surface area contributed by atoms with Gasteiger partial charge in [-0.3, -0.25) is 9.89 Å². The molecule has 0 fully saturated rings. The summed E-state index contributed by atoms with van der Waals surface area (Å²) in [6.45, 7) is 6.81. The summed E-state index contributed by atoms with van der Waals surface area (Å²) in [6, 6.07) is 10.0. The van der Waals surface area contributed by atoms with Crippen LogP contribution in [0.5, 0.6) is 0 Å². The zero-order valence-corrected chi connectivity index (χ0v) is 14.6.